The summed E-state index contributed by atoms with van der Waals surface area (Å²) in [4.78, 5) is 0. The molecule has 0 amide bonds. The summed E-state index contributed by atoms with van der Waals surface area (Å²) in [6.07, 6.45) is 8.34. The number of halogens is 1. The third-order valence-electron chi connectivity index (χ3n) is 8.02. The number of hydrogen-bond donors (Lipinski definition) is 1. The lowest BCUT2D eigenvalue weighted by Gasteiger charge is -2.57. The highest BCUT2D eigenvalue weighted by molar-refractivity contribution is 5.87. The van der Waals surface area contributed by atoms with E-state index in [-0.39, 0.29) is 12.4 Å². The van der Waals surface area contributed by atoms with E-state index in [1.54, 1.807) is 12.1 Å². The Kier molecular flexibility index (Phi) is 4.75. The molecular weight excluding hydrogens is 385 g/mol. The van der Waals surface area contributed by atoms with Gasteiger partial charge in [-0.3, -0.25) is 0 Å². The normalized spacial score (nSPS) is 28.9. The fourth-order valence-corrected chi connectivity index (χ4v) is 7.01. The second-order valence-corrected chi connectivity index (χ2v) is 10.2. The first-order valence-corrected chi connectivity index (χ1v) is 11.8. The molecule has 4 fully saturated rings. The maximum atomic E-state index is 14.1. The zero-order valence-electron chi connectivity index (χ0n) is 17.9. The molecule has 7 rings (SSSR count). The Balaban J connectivity index is 1.28. The quantitative estimate of drug-likeness (QED) is 0.489. The van der Waals surface area contributed by atoms with Gasteiger partial charge in [0.25, 0.3) is 0 Å². The number of nitrogens with one attached hydrogen (secondary N) is 1. The first-order valence-electron chi connectivity index (χ1n) is 11.8. The Hall–Kier alpha value is -2.39. The molecule has 0 atom stereocenters. The monoisotopic (exact) mass is 415 g/mol. The van der Waals surface area contributed by atoms with Crippen molar-refractivity contribution < 1.29 is 9.13 Å². The molecule has 0 unspecified atom stereocenters. The highest BCUT2D eigenvalue weighted by Gasteiger charge is 2.50. The van der Waals surface area contributed by atoms with Crippen LogP contribution in [0.1, 0.15) is 49.7 Å². The SMILES string of the molecule is Fc1ccccc1COc1ccc2ccccc2c1CNC12CC3CC(CC(C3)C1)C2. The van der Waals surface area contributed by atoms with Crippen LogP contribution in [-0.4, -0.2) is 5.54 Å². The van der Waals surface area contributed by atoms with Gasteiger partial charge in [0.1, 0.15) is 18.2 Å². The van der Waals surface area contributed by atoms with Crippen LogP contribution in [-0.2, 0) is 13.2 Å². The van der Waals surface area contributed by atoms with Gasteiger partial charge >= 0.3 is 0 Å². The van der Waals surface area contributed by atoms with E-state index in [4.69, 9.17) is 4.74 Å². The summed E-state index contributed by atoms with van der Waals surface area (Å²) in [6.45, 7) is 1.05. The third kappa shape index (κ3) is 3.63. The molecule has 31 heavy (non-hydrogen) atoms. The van der Waals surface area contributed by atoms with Crippen molar-refractivity contribution in [3.8, 4) is 5.75 Å². The van der Waals surface area contributed by atoms with Crippen molar-refractivity contribution in [1.29, 1.82) is 0 Å². The summed E-state index contributed by atoms with van der Waals surface area (Å²) in [5.41, 5.74) is 2.09. The Bertz CT molecular complexity index is 1070. The number of benzene rings is 3. The van der Waals surface area contributed by atoms with E-state index in [0.29, 0.717) is 11.1 Å². The van der Waals surface area contributed by atoms with Crippen molar-refractivity contribution in [3.63, 3.8) is 0 Å². The maximum Gasteiger partial charge on any atom is 0.129 e. The van der Waals surface area contributed by atoms with Crippen molar-refractivity contribution in [1.82, 2.24) is 5.32 Å². The van der Waals surface area contributed by atoms with Crippen LogP contribution in [0.15, 0.2) is 60.7 Å². The van der Waals surface area contributed by atoms with E-state index in [0.717, 1.165) is 30.0 Å². The van der Waals surface area contributed by atoms with Gasteiger partial charge in [-0.15, -0.1) is 0 Å². The van der Waals surface area contributed by atoms with E-state index in [2.05, 4.69) is 41.7 Å². The highest BCUT2D eigenvalue weighted by atomic mass is 19.1. The Morgan fingerprint density at radius 2 is 1.52 bits per heavy atom. The molecule has 0 saturated heterocycles. The van der Waals surface area contributed by atoms with Crippen LogP contribution in [0.25, 0.3) is 10.8 Å². The van der Waals surface area contributed by atoms with Gasteiger partial charge in [0, 0.05) is 23.2 Å². The average Bonchev–Trinajstić information content (AvgIpc) is 2.76. The van der Waals surface area contributed by atoms with Crippen LogP contribution >= 0.6 is 0 Å². The fraction of sp³-hybridized carbons (Fsp3) is 0.429. The molecule has 0 aromatic heterocycles. The molecule has 3 aromatic carbocycles. The van der Waals surface area contributed by atoms with Crippen LogP contribution in [0.2, 0.25) is 0 Å². The number of fused-ring (bicyclic) bond motifs is 1. The van der Waals surface area contributed by atoms with Crippen molar-refractivity contribution >= 4 is 10.8 Å². The number of rotatable bonds is 6. The smallest absolute Gasteiger partial charge is 0.129 e. The Labute approximate surface area is 183 Å². The van der Waals surface area contributed by atoms with Gasteiger partial charge in [-0.1, -0.05) is 48.5 Å². The predicted molar refractivity (Wildman–Crippen MR) is 122 cm³/mol. The van der Waals surface area contributed by atoms with E-state index in [1.165, 1.54) is 60.9 Å². The van der Waals surface area contributed by atoms with Gasteiger partial charge in [-0.2, -0.15) is 0 Å². The molecule has 4 aliphatic carbocycles. The largest absolute Gasteiger partial charge is 0.488 e. The highest BCUT2D eigenvalue weighted by Crippen LogP contribution is 2.55. The molecule has 1 N–H and O–H groups in total. The van der Waals surface area contributed by atoms with Gasteiger partial charge in [0.15, 0.2) is 0 Å². The lowest BCUT2D eigenvalue weighted by molar-refractivity contribution is -0.0206. The lowest BCUT2D eigenvalue weighted by Crippen LogP contribution is -2.58. The van der Waals surface area contributed by atoms with Gasteiger partial charge in [0.2, 0.25) is 0 Å². The first-order chi connectivity index (χ1) is 15.2. The van der Waals surface area contributed by atoms with Crippen LogP contribution in [0, 0.1) is 23.6 Å². The molecule has 0 spiro atoms. The van der Waals surface area contributed by atoms with Crippen LogP contribution in [0.4, 0.5) is 4.39 Å². The van der Waals surface area contributed by atoms with Crippen LogP contribution in [0.5, 0.6) is 5.75 Å². The molecular formula is C28H30FNO. The molecule has 4 aliphatic rings. The zero-order valence-corrected chi connectivity index (χ0v) is 17.9. The Morgan fingerprint density at radius 1 is 0.839 bits per heavy atom. The molecule has 160 valence electrons. The summed E-state index contributed by atoms with van der Waals surface area (Å²) in [5.74, 6) is 3.41. The van der Waals surface area contributed by atoms with Gasteiger partial charge in [-0.25, -0.2) is 4.39 Å². The van der Waals surface area contributed by atoms with E-state index >= 15 is 0 Å². The van der Waals surface area contributed by atoms with Gasteiger partial charge in [0.05, 0.1) is 0 Å². The summed E-state index contributed by atoms with van der Waals surface area (Å²) in [6, 6.07) is 19.5. The summed E-state index contributed by atoms with van der Waals surface area (Å²) in [5, 5.41) is 6.48. The van der Waals surface area contributed by atoms with Crippen molar-refractivity contribution in [2.24, 2.45) is 17.8 Å². The molecule has 3 heteroatoms. The van der Waals surface area contributed by atoms with E-state index in [1.807, 2.05) is 6.07 Å². The maximum absolute atomic E-state index is 14.1. The van der Waals surface area contributed by atoms with Crippen molar-refractivity contribution in [2.75, 3.05) is 0 Å². The molecule has 2 nitrogen and oxygen atoms in total. The topological polar surface area (TPSA) is 21.3 Å². The molecule has 0 aliphatic heterocycles. The number of hydrogen-bond acceptors (Lipinski definition) is 2. The number of ether oxygens (including phenoxy) is 1. The van der Waals surface area contributed by atoms with E-state index < -0.39 is 0 Å². The second kappa shape index (κ2) is 7.63. The van der Waals surface area contributed by atoms with E-state index in [9.17, 15) is 4.39 Å². The zero-order chi connectivity index (χ0) is 20.8. The lowest BCUT2D eigenvalue weighted by atomic mass is 9.53. The minimum atomic E-state index is -0.212. The van der Waals surface area contributed by atoms with Crippen molar-refractivity contribution in [3.05, 3.63) is 77.6 Å². The van der Waals surface area contributed by atoms with Crippen LogP contribution in [0.3, 0.4) is 0 Å². The summed E-state index contributed by atoms with van der Waals surface area (Å²) in [7, 11) is 0. The summed E-state index contributed by atoms with van der Waals surface area (Å²) >= 11 is 0. The fourth-order valence-electron chi connectivity index (χ4n) is 7.01. The third-order valence-corrected chi connectivity index (χ3v) is 8.02. The van der Waals surface area contributed by atoms with Crippen LogP contribution < -0.4 is 10.1 Å². The standard InChI is InChI=1S/C28H30FNO/c29-26-8-4-2-6-23(26)18-31-27-10-9-22-5-1-3-7-24(22)25(27)17-30-28-14-19-11-20(15-28)13-21(12-19)16-28/h1-10,19-21,30H,11-18H2. The summed E-state index contributed by atoms with van der Waals surface area (Å²) < 4.78 is 20.3. The molecule has 0 radical (unpaired) electrons. The van der Waals surface area contributed by atoms with Gasteiger partial charge < -0.3 is 10.1 Å². The molecule has 3 aromatic rings. The molecule has 0 heterocycles. The first kappa shape index (κ1) is 19.3. The average molecular weight is 416 g/mol. The predicted octanol–water partition coefficient (Wildman–Crippen LogP) is 6.62. The van der Waals surface area contributed by atoms with Gasteiger partial charge in [-0.05, 0) is 79.2 Å². The Morgan fingerprint density at radius 3 is 2.26 bits per heavy atom. The van der Waals surface area contributed by atoms with Crippen molar-refractivity contribution in [2.45, 2.75) is 57.2 Å². The minimum Gasteiger partial charge on any atom is -0.488 e. The molecule has 4 saturated carbocycles. The minimum absolute atomic E-state index is 0.212. The second-order valence-electron chi connectivity index (χ2n) is 10.2. The molecule has 4 bridgehead atoms.